The van der Waals surface area contributed by atoms with Gasteiger partial charge in [0.25, 0.3) is 0 Å². The SMILES string of the molecule is CN1CC(NC(=S)Nc2cccc(Cl)c2)N=C(c2ccccc2)c2cc(Cl)ccc21. The topological polar surface area (TPSA) is 39.7 Å². The summed E-state index contributed by atoms with van der Waals surface area (Å²) < 4.78 is 0. The third kappa shape index (κ3) is 4.75. The Morgan fingerprint density at radius 2 is 1.77 bits per heavy atom. The summed E-state index contributed by atoms with van der Waals surface area (Å²) in [6.45, 7) is 0.641. The summed E-state index contributed by atoms with van der Waals surface area (Å²) in [5, 5.41) is 8.30. The van der Waals surface area contributed by atoms with Crippen molar-refractivity contribution in [1.82, 2.24) is 5.32 Å². The van der Waals surface area contributed by atoms with Gasteiger partial charge in [0, 0.05) is 39.6 Å². The van der Waals surface area contributed by atoms with Gasteiger partial charge in [0.05, 0.1) is 12.3 Å². The first-order valence-corrected chi connectivity index (χ1v) is 10.6. The molecule has 4 nitrogen and oxygen atoms in total. The second-order valence-electron chi connectivity index (χ2n) is 7.01. The summed E-state index contributed by atoms with van der Waals surface area (Å²) >= 11 is 17.9. The van der Waals surface area contributed by atoms with Crippen molar-refractivity contribution in [2.45, 2.75) is 6.17 Å². The molecule has 3 aromatic carbocycles. The van der Waals surface area contributed by atoms with E-state index in [1.165, 1.54) is 0 Å². The Morgan fingerprint density at radius 1 is 1.00 bits per heavy atom. The van der Waals surface area contributed by atoms with Crippen LogP contribution in [0.5, 0.6) is 0 Å². The zero-order valence-corrected chi connectivity index (χ0v) is 18.6. The van der Waals surface area contributed by atoms with E-state index in [2.05, 4.69) is 27.7 Å². The van der Waals surface area contributed by atoms with Gasteiger partial charge in [-0.1, -0.05) is 59.6 Å². The molecule has 1 heterocycles. The minimum Gasteiger partial charge on any atom is -0.370 e. The van der Waals surface area contributed by atoms with Crippen molar-refractivity contribution >= 4 is 57.6 Å². The van der Waals surface area contributed by atoms with Crippen LogP contribution in [0, 0.1) is 0 Å². The number of hydrogen-bond acceptors (Lipinski definition) is 3. The second kappa shape index (κ2) is 9.04. The molecule has 30 heavy (non-hydrogen) atoms. The summed E-state index contributed by atoms with van der Waals surface area (Å²) in [5.74, 6) is 0. The van der Waals surface area contributed by atoms with Gasteiger partial charge in [-0.3, -0.25) is 4.99 Å². The fourth-order valence-corrected chi connectivity index (χ4v) is 4.06. The molecule has 0 spiro atoms. The van der Waals surface area contributed by atoms with Crippen LogP contribution in [0.3, 0.4) is 0 Å². The highest BCUT2D eigenvalue weighted by Gasteiger charge is 2.23. The molecule has 0 radical (unpaired) electrons. The molecular weight excluding hydrogens is 435 g/mol. The number of halogens is 2. The highest BCUT2D eigenvalue weighted by Crippen LogP contribution is 2.29. The van der Waals surface area contributed by atoms with Crippen LogP contribution in [0.1, 0.15) is 11.1 Å². The number of hydrogen-bond donors (Lipinski definition) is 2. The molecule has 0 amide bonds. The summed E-state index contributed by atoms with van der Waals surface area (Å²) in [4.78, 5) is 7.19. The van der Waals surface area contributed by atoms with Crippen LogP contribution in [-0.4, -0.2) is 30.6 Å². The monoisotopic (exact) mass is 454 g/mol. The molecule has 3 aromatic rings. The van der Waals surface area contributed by atoms with E-state index in [0.717, 1.165) is 28.2 Å². The summed E-state index contributed by atoms with van der Waals surface area (Å²) in [7, 11) is 2.04. The van der Waals surface area contributed by atoms with Gasteiger partial charge in [-0.2, -0.15) is 0 Å². The summed E-state index contributed by atoms with van der Waals surface area (Å²) in [6.07, 6.45) is -0.254. The van der Waals surface area contributed by atoms with Crippen molar-refractivity contribution in [1.29, 1.82) is 0 Å². The van der Waals surface area contributed by atoms with Gasteiger partial charge < -0.3 is 15.5 Å². The number of benzodiazepines with no additional fused rings is 1. The first-order chi connectivity index (χ1) is 14.5. The van der Waals surface area contributed by atoms with Crippen LogP contribution in [-0.2, 0) is 0 Å². The third-order valence-electron chi connectivity index (χ3n) is 4.78. The van der Waals surface area contributed by atoms with E-state index >= 15 is 0 Å². The highest BCUT2D eigenvalue weighted by molar-refractivity contribution is 7.80. The number of likely N-dealkylation sites (N-methyl/N-ethyl adjacent to an activating group) is 1. The number of rotatable bonds is 3. The Balaban J connectivity index is 1.65. The first kappa shape index (κ1) is 20.7. The molecule has 2 N–H and O–H groups in total. The number of anilines is 2. The maximum absolute atomic E-state index is 6.32. The van der Waals surface area contributed by atoms with Gasteiger partial charge in [-0.05, 0) is 48.6 Å². The Bertz CT molecular complexity index is 1100. The molecule has 152 valence electrons. The quantitative estimate of drug-likeness (QED) is 0.505. The van der Waals surface area contributed by atoms with E-state index in [0.29, 0.717) is 21.7 Å². The molecule has 0 saturated carbocycles. The van der Waals surface area contributed by atoms with Gasteiger partial charge in [0.1, 0.15) is 6.17 Å². The summed E-state index contributed by atoms with van der Waals surface area (Å²) in [5.41, 5.74) is 4.79. The van der Waals surface area contributed by atoms with E-state index in [1.54, 1.807) is 0 Å². The average Bonchev–Trinajstić information content (AvgIpc) is 2.84. The highest BCUT2D eigenvalue weighted by atomic mass is 35.5. The van der Waals surface area contributed by atoms with Crippen molar-refractivity contribution in [3.63, 3.8) is 0 Å². The van der Waals surface area contributed by atoms with Crippen LogP contribution >= 0.6 is 35.4 Å². The Hall–Kier alpha value is -2.60. The van der Waals surface area contributed by atoms with Crippen LogP contribution in [0.2, 0.25) is 10.0 Å². The van der Waals surface area contributed by atoms with E-state index in [9.17, 15) is 0 Å². The lowest BCUT2D eigenvalue weighted by Gasteiger charge is -2.23. The number of aliphatic imine (C=N–C) groups is 1. The minimum absolute atomic E-state index is 0.254. The van der Waals surface area contributed by atoms with Gasteiger partial charge in [0.2, 0.25) is 0 Å². The van der Waals surface area contributed by atoms with Crippen molar-refractivity contribution in [2.24, 2.45) is 4.99 Å². The van der Waals surface area contributed by atoms with Crippen LogP contribution in [0.15, 0.2) is 77.8 Å². The predicted octanol–water partition coefficient (Wildman–Crippen LogP) is 5.59. The minimum atomic E-state index is -0.254. The molecule has 1 aliphatic heterocycles. The van der Waals surface area contributed by atoms with E-state index < -0.39 is 0 Å². The largest absolute Gasteiger partial charge is 0.370 e. The molecule has 0 bridgehead atoms. The lowest BCUT2D eigenvalue weighted by molar-refractivity contribution is 0.635. The molecule has 1 aliphatic rings. The molecule has 0 aliphatic carbocycles. The van der Waals surface area contributed by atoms with Crippen LogP contribution in [0.25, 0.3) is 0 Å². The zero-order valence-electron chi connectivity index (χ0n) is 16.3. The van der Waals surface area contributed by atoms with Gasteiger partial charge in [0.15, 0.2) is 5.11 Å². The predicted molar refractivity (Wildman–Crippen MR) is 131 cm³/mol. The number of benzene rings is 3. The standard InChI is InChI=1S/C23H20Cl2N4S/c1-29-14-21(28-23(30)26-18-9-5-8-16(24)12-18)27-22(15-6-3-2-4-7-15)19-13-17(25)10-11-20(19)29/h2-13,21H,14H2,1H3,(H2,26,28,30). The number of nitrogens with one attached hydrogen (secondary N) is 2. The third-order valence-corrected chi connectivity index (χ3v) is 5.47. The molecule has 7 heteroatoms. The maximum atomic E-state index is 6.32. The Morgan fingerprint density at radius 3 is 2.53 bits per heavy atom. The molecule has 1 atom stereocenters. The van der Waals surface area contributed by atoms with Crippen molar-refractivity contribution in [3.05, 3.63) is 94.0 Å². The summed E-state index contributed by atoms with van der Waals surface area (Å²) in [6, 6.07) is 23.4. The van der Waals surface area contributed by atoms with Crippen molar-refractivity contribution in [2.75, 3.05) is 23.8 Å². The molecule has 4 rings (SSSR count). The number of fused-ring (bicyclic) bond motifs is 1. The Kier molecular flexibility index (Phi) is 6.23. The van der Waals surface area contributed by atoms with Gasteiger partial charge in [-0.25, -0.2) is 0 Å². The molecule has 0 aromatic heterocycles. The van der Waals surface area contributed by atoms with Gasteiger partial charge in [-0.15, -0.1) is 0 Å². The van der Waals surface area contributed by atoms with Crippen LogP contribution < -0.4 is 15.5 Å². The lowest BCUT2D eigenvalue weighted by atomic mass is 10.0. The van der Waals surface area contributed by atoms with Gasteiger partial charge >= 0.3 is 0 Å². The zero-order chi connectivity index (χ0) is 21.1. The first-order valence-electron chi connectivity index (χ1n) is 9.47. The molecule has 0 fully saturated rings. The number of nitrogens with zero attached hydrogens (tertiary/aromatic N) is 2. The smallest absolute Gasteiger partial charge is 0.172 e. The molecule has 1 unspecified atom stereocenters. The van der Waals surface area contributed by atoms with E-state index in [4.69, 9.17) is 40.4 Å². The fraction of sp³-hybridized carbons (Fsp3) is 0.130. The number of thiocarbonyl (C=S) groups is 1. The van der Waals surface area contributed by atoms with E-state index in [-0.39, 0.29) is 6.17 Å². The van der Waals surface area contributed by atoms with Crippen molar-refractivity contribution < 1.29 is 0 Å². The second-order valence-corrected chi connectivity index (χ2v) is 8.29. The lowest BCUT2D eigenvalue weighted by Crippen LogP contribution is -2.43. The van der Waals surface area contributed by atoms with E-state index in [1.807, 2.05) is 67.7 Å². The Labute approximate surface area is 191 Å². The molecule has 0 saturated heterocycles. The normalized spacial score (nSPS) is 15.6. The maximum Gasteiger partial charge on any atom is 0.172 e. The fourth-order valence-electron chi connectivity index (χ4n) is 3.44. The van der Waals surface area contributed by atoms with Crippen molar-refractivity contribution in [3.8, 4) is 0 Å². The molecular formula is C23H20Cl2N4S. The average molecular weight is 455 g/mol. The van der Waals surface area contributed by atoms with Crippen LogP contribution in [0.4, 0.5) is 11.4 Å².